The summed E-state index contributed by atoms with van der Waals surface area (Å²) in [6.07, 6.45) is 0. The predicted molar refractivity (Wildman–Crippen MR) is 113 cm³/mol. The molecule has 3 amide bonds. The summed E-state index contributed by atoms with van der Waals surface area (Å²) in [5.41, 5.74) is 3.49. The van der Waals surface area contributed by atoms with Gasteiger partial charge in [0.1, 0.15) is 0 Å². The van der Waals surface area contributed by atoms with Gasteiger partial charge >= 0.3 is 6.03 Å². The van der Waals surface area contributed by atoms with Crippen LogP contribution in [-0.4, -0.2) is 36.5 Å². The monoisotopic (exact) mass is 382 g/mol. The van der Waals surface area contributed by atoms with E-state index in [-0.39, 0.29) is 18.0 Å². The van der Waals surface area contributed by atoms with Crippen LogP contribution < -0.4 is 16.0 Å². The molecule has 6 nitrogen and oxygen atoms in total. The first-order chi connectivity index (χ1) is 13.4. The largest absolute Gasteiger partial charge is 0.348 e. The Morgan fingerprint density at radius 3 is 2.36 bits per heavy atom. The summed E-state index contributed by atoms with van der Waals surface area (Å²) in [5.74, 6) is -0.144. The smallest absolute Gasteiger partial charge is 0.319 e. The molecule has 0 aromatic heterocycles. The lowest BCUT2D eigenvalue weighted by atomic mass is 10.1. The highest BCUT2D eigenvalue weighted by Gasteiger charge is 2.08. The van der Waals surface area contributed by atoms with Gasteiger partial charge in [-0.3, -0.25) is 4.79 Å². The van der Waals surface area contributed by atoms with Crippen molar-refractivity contribution in [2.45, 2.75) is 39.9 Å². The molecule has 28 heavy (non-hydrogen) atoms. The Labute approximate surface area is 167 Å². The molecule has 0 saturated carbocycles. The molecule has 2 rings (SSSR count). The minimum absolute atomic E-state index is 0.0610. The molecule has 0 aliphatic carbocycles. The lowest BCUT2D eigenvalue weighted by molar-refractivity contribution is 0.0951. The fourth-order valence-electron chi connectivity index (χ4n) is 2.68. The summed E-state index contributed by atoms with van der Waals surface area (Å²) in [6, 6.07) is 14.9. The molecule has 150 valence electrons. The fourth-order valence-corrected chi connectivity index (χ4v) is 2.68. The van der Waals surface area contributed by atoms with Crippen molar-refractivity contribution >= 4 is 17.6 Å². The molecule has 0 spiro atoms. The van der Waals surface area contributed by atoms with Crippen LogP contribution in [-0.2, 0) is 13.1 Å². The first-order valence-corrected chi connectivity index (χ1v) is 9.59. The van der Waals surface area contributed by atoms with Crippen molar-refractivity contribution in [1.82, 2.24) is 15.5 Å². The summed E-state index contributed by atoms with van der Waals surface area (Å²) < 4.78 is 0. The number of urea groups is 1. The number of nitrogens with one attached hydrogen (secondary N) is 3. The molecule has 6 heteroatoms. The summed E-state index contributed by atoms with van der Waals surface area (Å²) in [5, 5.41) is 8.44. The normalized spacial score (nSPS) is 10.8. The van der Waals surface area contributed by atoms with Gasteiger partial charge in [0.05, 0.1) is 0 Å². The fraction of sp³-hybridized carbons (Fsp3) is 0.364. The Kier molecular flexibility index (Phi) is 8.02. The average molecular weight is 383 g/mol. The number of carbonyl (C=O) groups is 2. The quantitative estimate of drug-likeness (QED) is 0.653. The summed E-state index contributed by atoms with van der Waals surface area (Å²) in [6.45, 7) is 8.26. The number of hydrogen-bond donors (Lipinski definition) is 3. The van der Waals surface area contributed by atoms with Gasteiger partial charge in [-0.15, -0.1) is 0 Å². The lowest BCUT2D eigenvalue weighted by Crippen LogP contribution is -2.34. The van der Waals surface area contributed by atoms with Crippen molar-refractivity contribution < 1.29 is 9.59 Å². The molecular formula is C22H30N4O2. The van der Waals surface area contributed by atoms with E-state index in [4.69, 9.17) is 0 Å². The molecule has 3 N–H and O–H groups in total. The number of anilines is 1. The van der Waals surface area contributed by atoms with Crippen LogP contribution >= 0.6 is 0 Å². The van der Waals surface area contributed by atoms with E-state index in [2.05, 4.69) is 47.0 Å². The Balaban J connectivity index is 1.89. The molecule has 0 atom stereocenters. The second-order valence-electron chi connectivity index (χ2n) is 7.16. The first kappa shape index (κ1) is 21.4. The van der Waals surface area contributed by atoms with Crippen LogP contribution in [0.1, 0.15) is 42.3 Å². The zero-order chi connectivity index (χ0) is 20.5. The van der Waals surface area contributed by atoms with Gasteiger partial charge in [0.2, 0.25) is 0 Å². The molecule has 0 unspecified atom stereocenters. The standard InChI is InChI=1S/C22H30N4O2/c1-5-26(4)15-18-8-6-7-17(13-18)14-23-21(27)19-9-11-20(12-10-19)25-22(28)24-16(2)3/h6-13,16H,5,14-15H2,1-4H3,(H,23,27)(H2,24,25,28). The van der Waals surface area contributed by atoms with Gasteiger partial charge in [-0.1, -0.05) is 31.2 Å². The molecule has 0 bridgehead atoms. The number of carbonyl (C=O) groups excluding carboxylic acids is 2. The SMILES string of the molecule is CCN(C)Cc1cccc(CNC(=O)c2ccc(NC(=O)NC(C)C)cc2)c1. The lowest BCUT2D eigenvalue weighted by Gasteiger charge is -2.14. The van der Waals surface area contributed by atoms with Crippen molar-refractivity contribution in [3.63, 3.8) is 0 Å². The molecule has 0 saturated heterocycles. The van der Waals surface area contributed by atoms with Crippen molar-refractivity contribution in [3.8, 4) is 0 Å². The third kappa shape index (κ3) is 7.04. The van der Waals surface area contributed by atoms with Crippen LogP contribution in [0.3, 0.4) is 0 Å². The third-order valence-electron chi connectivity index (χ3n) is 4.26. The molecular weight excluding hydrogens is 352 g/mol. The second kappa shape index (κ2) is 10.5. The predicted octanol–water partition coefficient (Wildman–Crippen LogP) is 3.60. The zero-order valence-electron chi connectivity index (χ0n) is 17.1. The molecule has 0 fully saturated rings. The van der Waals surface area contributed by atoms with E-state index in [0.717, 1.165) is 18.7 Å². The average Bonchev–Trinajstić information content (AvgIpc) is 2.66. The Bertz CT molecular complexity index is 787. The highest BCUT2D eigenvalue weighted by molar-refractivity contribution is 5.95. The van der Waals surface area contributed by atoms with Crippen LogP contribution in [0, 0.1) is 0 Å². The molecule has 2 aromatic carbocycles. The van der Waals surface area contributed by atoms with Crippen molar-refractivity contribution in [2.75, 3.05) is 18.9 Å². The van der Waals surface area contributed by atoms with Gasteiger partial charge in [-0.05, 0) is 62.8 Å². The topological polar surface area (TPSA) is 73.5 Å². The van der Waals surface area contributed by atoms with Crippen LogP contribution in [0.25, 0.3) is 0 Å². The number of hydrogen-bond acceptors (Lipinski definition) is 3. The van der Waals surface area contributed by atoms with Gasteiger partial charge in [0.15, 0.2) is 0 Å². The van der Waals surface area contributed by atoms with E-state index < -0.39 is 0 Å². The third-order valence-corrected chi connectivity index (χ3v) is 4.26. The maximum absolute atomic E-state index is 12.4. The van der Waals surface area contributed by atoms with Crippen molar-refractivity contribution in [3.05, 3.63) is 65.2 Å². The summed E-state index contributed by atoms with van der Waals surface area (Å²) in [7, 11) is 2.08. The maximum atomic E-state index is 12.4. The highest BCUT2D eigenvalue weighted by Crippen LogP contribution is 2.11. The van der Waals surface area contributed by atoms with E-state index in [0.29, 0.717) is 17.8 Å². The van der Waals surface area contributed by atoms with Gasteiger partial charge in [-0.2, -0.15) is 0 Å². The van der Waals surface area contributed by atoms with Gasteiger partial charge in [0, 0.05) is 30.4 Å². The Morgan fingerprint density at radius 1 is 1.04 bits per heavy atom. The number of nitrogens with zero attached hydrogens (tertiary/aromatic N) is 1. The maximum Gasteiger partial charge on any atom is 0.319 e. The minimum atomic E-state index is -0.263. The summed E-state index contributed by atoms with van der Waals surface area (Å²) in [4.78, 5) is 26.3. The number of benzene rings is 2. The number of amides is 3. The molecule has 2 aromatic rings. The first-order valence-electron chi connectivity index (χ1n) is 9.59. The van der Waals surface area contributed by atoms with E-state index in [1.54, 1.807) is 24.3 Å². The van der Waals surface area contributed by atoms with Crippen LogP contribution in [0.15, 0.2) is 48.5 Å². The van der Waals surface area contributed by atoms with Gasteiger partial charge in [-0.25, -0.2) is 4.79 Å². The summed E-state index contributed by atoms with van der Waals surface area (Å²) >= 11 is 0. The van der Waals surface area contributed by atoms with Gasteiger partial charge < -0.3 is 20.9 Å². The van der Waals surface area contributed by atoms with Crippen LogP contribution in [0.5, 0.6) is 0 Å². The van der Waals surface area contributed by atoms with Crippen molar-refractivity contribution in [2.24, 2.45) is 0 Å². The zero-order valence-corrected chi connectivity index (χ0v) is 17.1. The van der Waals surface area contributed by atoms with E-state index in [1.165, 1.54) is 5.56 Å². The Morgan fingerprint density at radius 2 is 1.71 bits per heavy atom. The van der Waals surface area contributed by atoms with Crippen LogP contribution in [0.2, 0.25) is 0 Å². The van der Waals surface area contributed by atoms with Crippen LogP contribution in [0.4, 0.5) is 10.5 Å². The van der Waals surface area contributed by atoms with E-state index in [1.807, 2.05) is 26.0 Å². The second-order valence-corrected chi connectivity index (χ2v) is 7.16. The van der Waals surface area contributed by atoms with Crippen molar-refractivity contribution in [1.29, 1.82) is 0 Å². The molecule has 0 aliphatic heterocycles. The molecule has 0 radical (unpaired) electrons. The van der Waals surface area contributed by atoms with Gasteiger partial charge in [0.25, 0.3) is 5.91 Å². The van der Waals surface area contributed by atoms with E-state index in [9.17, 15) is 9.59 Å². The highest BCUT2D eigenvalue weighted by atomic mass is 16.2. The number of rotatable bonds is 8. The van der Waals surface area contributed by atoms with E-state index >= 15 is 0 Å². The Hall–Kier alpha value is -2.86. The molecule has 0 aliphatic rings. The minimum Gasteiger partial charge on any atom is -0.348 e. The molecule has 0 heterocycles.